The number of guanidine groups is 1. The molecule has 0 bridgehead atoms. The number of hydrogen-bond acceptors (Lipinski definition) is 4. The summed E-state index contributed by atoms with van der Waals surface area (Å²) in [6.45, 7) is 3.31. The van der Waals surface area contributed by atoms with Gasteiger partial charge in [0.1, 0.15) is 6.10 Å². The number of nitrogens with zero attached hydrogens (tertiary/aromatic N) is 3. The van der Waals surface area contributed by atoms with E-state index < -0.39 is 0 Å². The summed E-state index contributed by atoms with van der Waals surface area (Å²) >= 11 is 0. The van der Waals surface area contributed by atoms with Crippen LogP contribution in [0, 0.1) is 5.41 Å². The number of aliphatic imine (C=N–C) groups is 1. The number of hydrogen-bond donors (Lipinski definition) is 2. The van der Waals surface area contributed by atoms with E-state index in [2.05, 4.69) is 25.5 Å². The Bertz CT molecular complexity index is 731. The number of piperidine rings is 1. The fraction of sp³-hybridized carbons (Fsp3) is 0.667. The molecule has 3 aliphatic rings. The fourth-order valence-corrected chi connectivity index (χ4v) is 4.74. The summed E-state index contributed by atoms with van der Waals surface area (Å²) in [5.74, 6) is 1.79. The lowest BCUT2D eigenvalue weighted by atomic mass is 9.79. The van der Waals surface area contributed by atoms with Crippen LogP contribution in [0.2, 0.25) is 0 Å². The Morgan fingerprint density at radius 2 is 2.29 bits per heavy atom. The Labute approximate surface area is 167 Å². The van der Waals surface area contributed by atoms with Gasteiger partial charge in [-0.3, -0.25) is 9.79 Å². The monoisotopic (exact) mass is 385 g/mol. The largest absolute Gasteiger partial charge is 0.474 e. The van der Waals surface area contributed by atoms with Crippen LogP contribution in [-0.2, 0) is 11.3 Å². The summed E-state index contributed by atoms with van der Waals surface area (Å²) in [4.78, 5) is 22.9. The molecule has 1 atom stereocenters. The highest BCUT2D eigenvalue weighted by Gasteiger charge is 2.42. The van der Waals surface area contributed by atoms with Crippen molar-refractivity contribution in [1.29, 1.82) is 0 Å². The number of amides is 1. The zero-order valence-electron chi connectivity index (χ0n) is 16.7. The molecule has 7 nitrogen and oxygen atoms in total. The van der Waals surface area contributed by atoms with E-state index in [-0.39, 0.29) is 11.3 Å². The first-order chi connectivity index (χ1) is 13.7. The number of pyridine rings is 1. The van der Waals surface area contributed by atoms with Crippen molar-refractivity contribution in [3.05, 3.63) is 23.9 Å². The van der Waals surface area contributed by atoms with Gasteiger partial charge in [0.15, 0.2) is 5.96 Å². The predicted octanol–water partition coefficient (Wildman–Crippen LogP) is 2.08. The van der Waals surface area contributed by atoms with E-state index in [0.717, 1.165) is 56.8 Å². The van der Waals surface area contributed by atoms with E-state index in [1.165, 1.54) is 12.8 Å². The molecule has 3 heterocycles. The minimum absolute atomic E-state index is 0.0614. The topological polar surface area (TPSA) is 78.9 Å². The third kappa shape index (κ3) is 4.39. The lowest BCUT2D eigenvalue weighted by molar-refractivity contribution is -0.119. The van der Waals surface area contributed by atoms with Gasteiger partial charge in [0.25, 0.3) is 0 Å². The van der Waals surface area contributed by atoms with Gasteiger partial charge in [-0.25, -0.2) is 4.98 Å². The summed E-state index contributed by atoms with van der Waals surface area (Å²) in [7, 11) is 1.82. The summed E-state index contributed by atoms with van der Waals surface area (Å²) in [5, 5.41) is 6.49. The molecule has 0 aromatic carbocycles. The van der Waals surface area contributed by atoms with Crippen molar-refractivity contribution >= 4 is 11.9 Å². The predicted molar refractivity (Wildman–Crippen MR) is 108 cm³/mol. The van der Waals surface area contributed by atoms with E-state index in [1.807, 2.05) is 25.4 Å². The number of likely N-dealkylation sites (tertiary alicyclic amines) is 1. The fourth-order valence-electron chi connectivity index (χ4n) is 4.74. The SMILES string of the molecule is CN=C(NCc1ccnc(OC2CCCC2)c1)N1CCCC2(CNC(=O)C2)C1. The molecule has 1 aromatic heterocycles. The van der Waals surface area contributed by atoms with Gasteiger partial charge in [0, 0.05) is 57.3 Å². The molecule has 1 aliphatic carbocycles. The Hall–Kier alpha value is -2.31. The van der Waals surface area contributed by atoms with E-state index in [4.69, 9.17) is 4.74 Å². The van der Waals surface area contributed by atoms with E-state index >= 15 is 0 Å². The molecule has 2 N–H and O–H groups in total. The van der Waals surface area contributed by atoms with Crippen LogP contribution in [0.25, 0.3) is 0 Å². The number of carbonyl (C=O) groups is 1. The number of nitrogens with one attached hydrogen (secondary N) is 2. The van der Waals surface area contributed by atoms with Crippen molar-refractivity contribution in [2.75, 3.05) is 26.7 Å². The van der Waals surface area contributed by atoms with Crippen molar-refractivity contribution in [3.8, 4) is 5.88 Å². The average molecular weight is 386 g/mol. The van der Waals surface area contributed by atoms with E-state index in [1.54, 1.807) is 0 Å². The van der Waals surface area contributed by atoms with Gasteiger partial charge >= 0.3 is 0 Å². The number of ether oxygens (including phenoxy) is 1. The number of rotatable bonds is 4. The van der Waals surface area contributed by atoms with Crippen molar-refractivity contribution in [3.63, 3.8) is 0 Å². The Morgan fingerprint density at radius 3 is 3.04 bits per heavy atom. The summed E-state index contributed by atoms with van der Waals surface area (Å²) in [6, 6.07) is 4.04. The quantitative estimate of drug-likeness (QED) is 0.613. The zero-order valence-corrected chi connectivity index (χ0v) is 16.7. The molecule has 1 aromatic rings. The first-order valence-electron chi connectivity index (χ1n) is 10.5. The standard InChI is InChI=1S/C21H31N5O2/c1-22-20(26-10-4-8-21(15-26)12-18(27)25-14-21)24-13-16-7-9-23-19(11-16)28-17-5-2-3-6-17/h7,9,11,17H,2-6,8,10,12-15H2,1H3,(H,22,24)(H,25,27). The van der Waals surface area contributed by atoms with Gasteiger partial charge < -0.3 is 20.3 Å². The molecule has 0 radical (unpaired) electrons. The minimum Gasteiger partial charge on any atom is -0.474 e. The Balaban J connectivity index is 1.34. The third-order valence-electron chi connectivity index (χ3n) is 6.21. The molecule has 1 saturated carbocycles. The van der Waals surface area contributed by atoms with E-state index in [0.29, 0.717) is 24.9 Å². The molecule has 7 heteroatoms. The summed E-state index contributed by atoms with van der Waals surface area (Å²) in [6.07, 6.45) is 9.71. The average Bonchev–Trinajstić information content (AvgIpc) is 3.33. The smallest absolute Gasteiger partial charge is 0.220 e. The van der Waals surface area contributed by atoms with Crippen LogP contribution >= 0.6 is 0 Å². The van der Waals surface area contributed by atoms with Crippen LogP contribution in [0.3, 0.4) is 0 Å². The molecule has 4 rings (SSSR count). The maximum atomic E-state index is 11.7. The highest BCUT2D eigenvalue weighted by atomic mass is 16.5. The first kappa shape index (κ1) is 19.0. The Morgan fingerprint density at radius 1 is 1.43 bits per heavy atom. The van der Waals surface area contributed by atoms with Crippen LogP contribution in [0.5, 0.6) is 5.88 Å². The maximum absolute atomic E-state index is 11.7. The van der Waals surface area contributed by atoms with Crippen molar-refractivity contribution in [2.45, 2.75) is 57.6 Å². The van der Waals surface area contributed by atoms with Gasteiger partial charge in [-0.2, -0.15) is 0 Å². The molecule has 28 heavy (non-hydrogen) atoms. The lowest BCUT2D eigenvalue weighted by Gasteiger charge is -2.40. The zero-order chi connectivity index (χ0) is 19.4. The number of carbonyl (C=O) groups excluding carboxylic acids is 1. The van der Waals surface area contributed by atoms with Crippen LogP contribution < -0.4 is 15.4 Å². The molecule has 2 aliphatic heterocycles. The van der Waals surface area contributed by atoms with Crippen molar-refractivity contribution < 1.29 is 9.53 Å². The molecular formula is C21H31N5O2. The van der Waals surface area contributed by atoms with Gasteiger partial charge in [0.05, 0.1) is 0 Å². The van der Waals surface area contributed by atoms with Gasteiger partial charge in [-0.15, -0.1) is 0 Å². The van der Waals surface area contributed by atoms with Crippen LogP contribution in [0.1, 0.15) is 50.5 Å². The van der Waals surface area contributed by atoms with Gasteiger partial charge in [0.2, 0.25) is 11.8 Å². The van der Waals surface area contributed by atoms with Gasteiger partial charge in [-0.05, 0) is 50.2 Å². The highest BCUT2D eigenvalue weighted by molar-refractivity contribution is 5.81. The first-order valence-corrected chi connectivity index (χ1v) is 10.5. The lowest BCUT2D eigenvalue weighted by Crippen LogP contribution is -2.51. The molecule has 152 valence electrons. The minimum atomic E-state index is 0.0614. The molecular weight excluding hydrogens is 354 g/mol. The third-order valence-corrected chi connectivity index (χ3v) is 6.21. The second-order valence-electron chi connectivity index (χ2n) is 8.41. The molecule has 1 spiro atoms. The normalized spacial score (nSPS) is 26.0. The second kappa shape index (κ2) is 8.37. The van der Waals surface area contributed by atoms with Crippen molar-refractivity contribution in [1.82, 2.24) is 20.5 Å². The Kier molecular flexibility index (Phi) is 5.69. The molecule has 3 fully saturated rings. The highest BCUT2D eigenvalue weighted by Crippen LogP contribution is 2.36. The maximum Gasteiger partial charge on any atom is 0.220 e. The summed E-state index contributed by atoms with van der Waals surface area (Å²) in [5.41, 5.74) is 1.19. The van der Waals surface area contributed by atoms with Crippen LogP contribution in [-0.4, -0.2) is 54.5 Å². The molecule has 1 amide bonds. The molecule has 2 saturated heterocycles. The second-order valence-corrected chi connectivity index (χ2v) is 8.41. The van der Waals surface area contributed by atoms with Crippen LogP contribution in [0.15, 0.2) is 23.3 Å². The van der Waals surface area contributed by atoms with E-state index in [9.17, 15) is 4.79 Å². The molecule has 1 unspecified atom stereocenters. The van der Waals surface area contributed by atoms with Gasteiger partial charge in [-0.1, -0.05) is 0 Å². The van der Waals surface area contributed by atoms with Crippen LogP contribution in [0.4, 0.5) is 0 Å². The number of aromatic nitrogens is 1. The summed E-state index contributed by atoms with van der Waals surface area (Å²) < 4.78 is 6.02. The van der Waals surface area contributed by atoms with Crippen molar-refractivity contribution in [2.24, 2.45) is 10.4 Å².